The molecule has 0 fully saturated rings. The van der Waals surface area contributed by atoms with Gasteiger partial charge in [0.15, 0.2) is 10.7 Å². The number of hydrogen-bond donors (Lipinski definition) is 2. The maximum Gasteiger partial charge on any atom is 0.257 e. The number of carbonyl (C=O) groups excluding carboxylic acids is 1. The predicted octanol–water partition coefficient (Wildman–Crippen LogP) is 6.79. The lowest BCUT2D eigenvalue weighted by molar-refractivity contribution is 0.0977. The van der Waals surface area contributed by atoms with Gasteiger partial charge in [-0.1, -0.05) is 37.6 Å². The van der Waals surface area contributed by atoms with Gasteiger partial charge in [0.1, 0.15) is 5.52 Å². The summed E-state index contributed by atoms with van der Waals surface area (Å²) in [7, 11) is 0. The number of fused-ring (bicyclic) bond motifs is 1. The Morgan fingerprint density at radius 1 is 1.12 bits per heavy atom. The van der Waals surface area contributed by atoms with E-state index in [1.165, 1.54) is 5.56 Å². The van der Waals surface area contributed by atoms with E-state index in [1.807, 2.05) is 30.3 Å². The van der Waals surface area contributed by atoms with Gasteiger partial charge in [0.05, 0.1) is 0 Å². The number of benzene rings is 3. The number of rotatable bonds is 5. The van der Waals surface area contributed by atoms with Crippen LogP contribution in [0.25, 0.3) is 22.6 Å². The van der Waals surface area contributed by atoms with Gasteiger partial charge in [-0.25, -0.2) is 4.98 Å². The van der Waals surface area contributed by atoms with E-state index < -0.39 is 0 Å². The number of oxazole rings is 1. The second-order valence-corrected chi connectivity index (χ2v) is 8.40. The first kappa shape index (κ1) is 22.0. The molecule has 5 nitrogen and oxygen atoms in total. The number of halogens is 1. The van der Waals surface area contributed by atoms with Crippen LogP contribution in [0.2, 0.25) is 5.02 Å². The zero-order valence-corrected chi connectivity index (χ0v) is 19.3. The van der Waals surface area contributed by atoms with E-state index in [2.05, 4.69) is 41.6 Å². The van der Waals surface area contributed by atoms with Crippen molar-refractivity contribution in [2.45, 2.75) is 26.2 Å². The van der Waals surface area contributed by atoms with Crippen molar-refractivity contribution in [1.82, 2.24) is 10.3 Å². The molecule has 4 aromatic rings. The molecule has 32 heavy (non-hydrogen) atoms. The predicted molar refractivity (Wildman–Crippen MR) is 133 cm³/mol. The van der Waals surface area contributed by atoms with Crippen LogP contribution in [-0.2, 0) is 0 Å². The van der Waals surface area contributed by atoms with Crippen LogP contribution in [-0.4, -0.2) is 16.0 Å². The summed E-state index contributed by atoms with van der Waals surface area (Å²) in [4.78, 5) is 17.0. The van der Waals surface area contributed by atoms with Crippen LogP contribution in [0, 0.1) is 0 Å². The molecule has 1 amide bonds. The van der Waals surface area contributed by atoms with E-state index in [-0.39, 0.29) is 11.0 Å². The summed E-state index contributed by atoms with van der Waals surface area (Å²) in [5.41, 5.74) is 4.82. The Hall–Kier alpha value is -3.22. The van der Waals surface area contributed by atoms with Crippen LogP contribution in [0.3, 0.4) is 0 Å². The van der Waals surface area contributed by atoms with Gasteiger partial charge in [-0.2, -0.15) is 0 Å². The highest BCUT2D eigenvalue weighted by Gasteiger charge is 2.12. The van der Waals surface area contributed by atoms with Gasteiger partial charge in [-0.05, 0) is 84.7 Å². The molecule has 0 saturated heterocycles. The molecule has 0 aliphatic heterocycles. The Morgan fingerprint density at radius 2 is 1.91 bits per heavy atom. The largest absolute Gasteiger partial charge is 0.436 e. The third-order valence-corrected chi connectivity index (χ3v) is 5.75. The van der Waals surface area contributed by atoms with Crippen molar-refractivity contribution >= 4 is 51.6 Å². The molecule has 1 atom stereocenters. The number of hydrogen-bond acceptors (Lipinski definition) is 4. The van der Waals surface area contributed by atoms with Crippen LogP contribution in [0.5, 0.6) is 0 Å². The molecule has 162 valence electrons. The summed E-state index contributed by atoms with van der Waals surface area (Å²) < 4.78 is 5.96. The molecule has 2 N–H and O–H groups in total. The van der Waals surface area contributed by atoms with Gasteiger partial charge in [0.2, 0.25) is 5.89 Å². The number of anilines is 1. The van der Waals surface area contributed by atoms with Gasteiger partial charge >= 0.3 is 0 Å². The Balaban J connectivity index is 1.49. The summed E-state index contributed by atoms with van der Waals surface area (Å²) >= 11 is 11.2. The fourth-order valence-electron chi connectivity index (χ4n) is 3.28. The molecule has 4 rings (SSSR count). The van der Waals surface area contributed by atoms with E-state index in [9.17, 15) is 4.79 Å². The van der Waals surface area contributed by atoms with E-state index >= 15 is 0 Å². The van der Waals surface area contributed by atoms with Crippen LogP contribution in [0.15, 0.2) is 71.1 Å². The van der Waals surface area contributed by atoms with Crippen LogP contribution >= 0.6 is 23.8 Å². The number of carbonyl (C=O) groups is 1. The molecule has 3 aromatic carbocycles. The molecular formula is C25H22ClN3O2S. The highest BCUT2D eigenvalue weighted by atomic mass is 35.5. The normalized spacial score (nSPS) is 11.8. The fourth-order valence-corrected chi connectivity index (χ4v) is 3.62. The summed E-state index contributed by atoms with van der Waals surface area (Å²) in [6.07, 6.45) is 1.07. The first-order valence-corrected chi connectivity index (χ1v) is 11.1. The third-order valence-electron chi connectivity index (χ3n) is 5.29. The molecular weight excluding hydrogens is 442 g/mol. The van der Waals surface area contributed by atoms with Crippen molar-refractivity contribution < 1.29 is 9.21 Å². The molecule has 1 aromatic heterocycles. The van der Waals surface area contributed by atoms with Crippen molar-refractivity contribution in [2.75, 3.05) is 5.32 Å². The lowest BCUT2D eigenvalue weighted by Gasteiger charge is -2.10. The highest BCUT2D eigenvalue weighted by Crippen LogP contribution is 2.29. The minimum Gasteiger partial charge on any atom is -0.436 e. The molecule has 1 heterocycles. The summed E-state index contributed by atoms with van der Waals surface area (Å²) in [6, 6.07) is 20.3. The zero-order chi connectivity index (χ0) is 22.7. The molecule has 0 spiro atoms. The average Bonchev–Trinajstić information content (AvgIpc) is 3.22. The van der Waals surface area contributed by atoms with E-state index in [0.717, 1.165) is 23.1 Å². The Bertz CT molecular complexity index is 1280. The van der Waals surface area contributed by atoms with E-state index in [0.29, 0.717) is 28.1 Å². The van der Waals surface area contributed by atoms with Gasteiger partial charge in [-0.3, -0.25) is 10.1 Å². The van der Waals surface area contributed by atoms with E-state index in [4.69, 9.17) is 28.2 Å². The van der Waals surface area contributed by atoms with E-state index in [1.54, 1.807) is 24.3 Å². The molecule has 0 saturated carbocycles. The molecule has 7 heteroatoms. The minimum absolute atomic E-state index is 0.192. The van der Waals surface area contributed by atoms with Crippen LogP contribution in [0.4, 0.5) is 5.69 Å². The number of nitrogens with one attached hydrogen (secondary N) is 2. The standard InChI is InChI=1S/C25H22ClN3O2S/c1-3-15(2)17-9-12-22-21(14-17)28-24(31-22)18-5-4-6-20(13-18)27-25(32)29-23(30)16-7-10-19(26)11-8-16/h4-15H,3H2,1-2H3,(H2,27,29,30,32). The Labute approximate surface area is 196 Å². The number of nitrogens with zero attached hydrogens (tertiary/aromatic N) is 1. The average molecular weight is 464 g/mol. The second kappa shape index (κ2) is 9.51. The van der Waals surface area contributed by atoms with Gasteiger partial charge in [-0.15, -0.1) is 0 Å². The van der Waals surface area contributed by atoms with Crippen molar-refractivity contribution in [1.29, 1.82) is 0 Å². The lowest BCUT2D eigenvalue weighted by Crippen LogP contribution is -2.34. The summed E-state index contributed by atoms with van der Waals surface area (Å²) in [6.45, 7) is 4.37. The zero-order valence-electron chi connectivity index (χ0n) is 17.7. The topological polar surface area (TPSA) is 67.2 Å². The van der Waals surface area contributed by atoms with Crippen molar-refractivity contribution in [2.24, 2.45) is 0 Å². The van der Waals surface area contributed by atoms with Gasteiger partial charge < -0.3 is 9.73 Å². The third kappa shape index (κ3) is 4.98. The SMILES string of the molecule is CCC(C)c1ccc2oc(-c3cccc(NC(=S)NC(=O)c4ccc(Cl)cc4)c3)nc2c1. The maximum atomic E-state index is 12.3. The number of thiocarbonyl (C=S) groups is 1. The monoisotopic (exact) mass is 463 g/mol. The minimum atomic E-state index is -0.314. The van der Waals surface area contributed by atoms with Crippen LogP contribution in [0.1, 0.15) is 42.1 Å². The highest BCUT2D eigenvalue weighted by molar-refractivity contribution is 7.80. The molecule has 0 aliphatic carbocycles. The number of amides is 1. The molecule has 0 aliphatic rings. The van der Waals surface area contributed by atoms with Crippen molar-refractivity contribution in [3.8, 4) is 11.5 Å². The molecule has 0 bridgehead atoms. The van der Waals surface area contributed by atoms with Crippen molar-refractivity contribution in [3.05, 3.63) is 82.9 Å². The van der Waals surface area contributed by atoms with Gasteiger partial charge in [0.25, 0.3) is 5.91 Å². The lowest BCUT2D eigenvalue weighted by atomic mass is 9.98. The molecule has 1 unspecified atom stereocenters. The smallest absolute Gasteiger partial charge is 0.257 e. The fraction of sp³-hybridized carbons (Fsp3) is 0.160. The first-order chi connectivity index (χ1) is 15.4. The summed E-state index contributed by atoms with van der Waals surface area (Å²) in [5, 5.41) is 6.46. The van der Waals surface area contributed by atoms with Crippen LogP contribution < -0.4 is 10.6 Å². The maximum absolute atomic E-state index is 12.3. The quantitative estimate of drug-likeness (QED) is 0.319. The molecule has 0 radical (unpaired) electrons. The second-order valence-electron chi connectivity index (χ2n) is 7.55. The first-order valence-electron chi connectivity index (χ1n) is 10.3. The Kier molecular flexibility index (Phi) is 6.53. The number of aromatic nitrogens is 1. The summed E-state index contributed by atoms with van der Waals surface area (Å²) in [5.74, 6) is 0.684. The van der Waals surface area contributed by atoms with Gasteiger partial charge in [0, 0.05) is 21.8 Å². The Morgan fingerprint density at radius 3 is 2.66 bits per heavy atom. The van der Waals surface area contributed by atoms with Crippen molar-refractivity contribution in [3.63, 3.8) is 0 Å².